The van der Waals surface area contributed by atoms with Crippen LogP contribution >= 0.6 is 0 Å². The number of unbranched alkanes of at least 4 members (excludes halogenated alkanes) is 6. The molecular formula is C21H48N2O3. The smallest absolute Gasteiger partial charge is 0.0782 e. The number of rotatable bonds is 12. The molecule has 0 unspecified atom stereocenters. The Morgan fingerprint density at radius 1 is 0.615 bits per heavy atom. The topological polar surface area (TPSA) is 63.2 Å². The molecule has 0 bridgehead atoms. The van der Waals surface area contributed by atoms with E-state index in [9.17, 15) is 0 Å². The lowest BCUT2D eigenvalue weighted by Crippen LogP contribution is -2.39. The molecule has 0 heterocycles. The molecule has 0 amide bonds. The third kappa shape index (κ3) is 31.0. The van der Waals surface area contributed by atoms with Crippen LogP contribution in [-0.4, -0.2) is 69.5 Å². The first-order valence-corrected chi connectivity index (χ1v) is 10.5. The second kappa shape index (κ2) is 19.0. The van der Waals surface area contributed by atoms with Crippen molar-refractivity contribution in [1.29, 1.82) is 0 Å². The van der Waals surface area contributed by atoms with E-state index in [0.29, 0.717) is 0 Å². The monoisotopic (exact) mass is 376 g/mol. The number of hydrogen-bond acceptors (Lipinski definition) is 3. The predicted molar refractivity (Wildman–Crippen MR) is 109 cm³/mol. The molecule has 0 fully saturated rings. The number of quaternary nitrogens is 2. The zero-order chi connectivity index (χ0) is 21.1. The van der Waals surface area contributed by atoms with Crippen LogP contribution in [0, 0.1) is 0 Å². The van der Waals surface area contributed by atoms with Crippen molar-refractivity contribution < 1.29 is 24.0 Å². The van der Waals surface area contributed by atoms with Crippen molar-refractivity contribution in [3.05, 3.63) is 0 Å². The van der Waals surface area contributed by atoms with E-state index in [4.69, 9.17) is 15.0 Å². The second-order valence-corrected chi connectivity index (χ2v) is 8.32. The minimum Gasteiger partial charge on any atom is -0.652 e. The third-order valence-corrected chi connectivity index (χ3v) is 4.95. The fraction of sp³-hybridized carbons (Fsp3) is 0.952. The van der Waals surface area contributed by atoms with Crippen LogP contribution in [0.5, 0.6) is 0 Å². The summed E-state index contributed by atoms with van der Waals surface area (Å²) in [6.45, 7) is 14.3. The van der Waals surface area contributed by atoms with Crippen LogP contribution in [-0.2, 0) is 0 Å². The van der Waals surface area contributed by atoms with E-state index in [1.807, 2.05) is 0 Å². The highest BCUT2D eigenvalue weighted by molar-refractivity contribution is 5.47. The minimum absolute atomic E-state index is 1.18. The molecule has 0 radical (unpaired) electrons. The first-order chi connectivity index (χ1) is 12.0. The summed E-state index contributed by atoms with van der Waals surface area (Å²) in [7, 11) is 9.25. The van der Waals surface area contributed by atoms with Gasteiger partial charge in [0.25, 0.3) is 0 Å². The van der Waals surface area contributed by atoms with Crippen molar-refractivity contribution in [1.82, 2.24) is 0 Å². The van der Waals surface area contributed by atoms with Gasteiger partial charge in [-0.25, -0.2) is 0 Å². The van der Waals surface area contributed by atoms with Crippen molar-refractivity contribution in [3.8, 4) is 0 Å². The molecule has 0 aliphatic heterocycles. The molecule has 0 atom stereocenters. The zero-order valence-electron chi connectivity index (χ0n) is 19.1. The van der Waals surface area contributed by atoms with Gasteiger partial charge in [-0.3, -0.25) is 0 Å². The lowest BCUT2D eigenvalue weighted by Gasteiger charge is -2.28. The maximum absolute atomic E-state index is 8.33. The van der Waals surface area contributed by atoms with E-state index >= 15 is 0 Å². The Morgan fingerprint density at radius 2 is 0.885 bits per heavy atom. The largest absolute Gasteiger partial charge is 0.652 e. The summed E-state index contributed by atoms with van der Waals surface area (Å²) in [5.74, 6) is 0. The van der Waals surface area contributed by atoms with Gasteiger partial charge in [-0.2, -0.15) is 0 Å². The van der Waals surface area contributed by atoms with Gasteiger partial charge in [0.15, 0.2) is 0 Å². The quantitative estimate of drug-likeness (QED) is 0.389. The first kappa shape index (κ1) is 29.9. The van der Waals surface area contributed by atoms with Crippen LogP contribution in [0.25, 0.3) is 0 Å². The Balaban J connectivity index is -0.000000338. The minimum atomic E-state index is -2.33. The normalized spacial score (nSPS) is 11.1. The van der Waals surface area contributed by atoms with Crippen molar-refractivity contribution in [3.63, 3.8) is 0 Å². The fourth-order valence-electron chi connectivity index (χ4n) is 2.25. The van der Waals surface area contributed by atoms with Gasteiger partial charge in [0.1, 0.15) is 0 Å². The average Bonchev–Trinajstić information content (AvgIpc) is 2.56. The molecule has 0 aromatic heterocycles. The molecule has 0 aromatic rings. The highest BCUT2D eigenvalue weighted by Gasteiger charge is 2.10. The average molecular weight is 377 g/mol. The fourth-order valence-corrected chi connectivity index (χ4v) is 2.25. The lowest BCUT2D eigenvalue weighted by molar-refractivity contribution is -0.888. The zero-order valence-corrected chi connectivity index (χ0v) is 19.1. The van der Waals surface area contributed by atoms with E-state index in [1.165, 1.54) is 86.5 Å². The van der Waals surface area contributed by atoms with Gasteiger partial charge in [-0.1, -0.05) is 39.5 Å². The molecule has 0 N–H and O–H groups in total. The highest BCUT2D eigenvalue weighted by Crippen LogP contribution is 2.05. The highest BCUT2D eigenvalue weighted by atomic mass is 16.6. The summed E-state index contributed by atoms with van der Waals surface area (Å²) in [6, 6.07) is 0. The molecule has 0 spiro atoms. The van der Waals surface area contributed by atoms with Crippen LogP contribution in [0.4, 0.5) is 4.79 Å². The summed E-state index contributed by atoms with van der Waals surface area (Å²) < 4.78 is 2.37. The number of carbonyl (C=O) groups excluding carboxylic acids is 1. The molecule has 0 saturated heterocycles. The van der Waals surface area contributed by atoms with Crippen LogP contribution in [0.2, 0.25) is 0 Å². The van der Waals surface area contributed by atoms with E-state index in [0.717, 1.165) is 0 Å². The molecule has 0 saturated carbocycles. The van der Waals surface area contributed by atoms with E-state index in [2.05, 4.69) is 55.9 Å². The van der Waals surface area contributed by atoms with Crippen LogP contribution in [0.3, 0.4) is 0 Å². The van der Waals surface area contributed by atoms with Gasteiger partial charge >= 0.3 is 0 Å². The molecule has 0 aliphatic carbocycles. The first-order valence-electron chi connectivity index (χ1n) is 10.5. The molecule has 5 heteroatoms. The summed E-state index contributed by atoms with van der Waals surface area (Å²) in [6.07, 6.45) is 8.80. The molecule has 0 rings (SSSR count). The summed E-state index contributed by atoms with van der Waals surface area (Å²) in [4.78, 5) is 8.33. The Labute approximate surface area is 164 Å². The third-order valence-electron chi connectivity index (χ3n) is 4.95. The molecule has 5 nitrogen and oxygen atoms in total. The standard InChI is InChI=1S/2C10H24N.CH2O3/c2*1-5-7-8-9-10-11(3,4)6-2;2-1(3)4/h2*5-10H2,1-4H3;(H2,2,3,4)/q2*+1;/p-2. The van der Waals surface area contributed by atoms with Crippen molar-refractivity contribution >= 4 is 6.16 Å². The SMILES string of the molecule is CCCCCC[N+](C)(C)CC.CCCCCC[N+](C)(C)CC.O=C([O-])[O-]. The van der Waals surface area contributed by atoms with Gasteiger partial charge in [-0.15, -0.1) is 0 Å². The van der Waals surface area contributed by atoms with Gasteiger partial charge in [0.2, 0.25) is 0 Å². The van der Waals surface area contributed by atoms with Crippen LogP contribution < -0.4 is 10.2 Å². The predicted octanol–water partition coefficient (Wildman–Crippen LogP) is 2.88. The Kier molecular flexibility index (Phi) is 21.8. The van der Waals surface area contributed by atoms with Gasteiger partial charge in [0.05, 0.1) is 54.4 Å². The molecule has 26 heavy (non-hydrogen) atoms. The van der Waals surface area contributed by atoms with Crippen molar-refractivity contribution in [2.45, 2.75) is 79.1 Å². The van der Waals surface area contributed by atoms with Crippen molar-refractivity contribution in [2.24, 2.45) is 0 Å². The second-order valence-electron chi connectivity index (χ2n) is 8.32. The lowest BCUT2D eigenvalue weighted by atomic mass is 10.2. The van der Waals surface area contributed by atoms with E-state index < -0.39 is 6.16 Å². The molecule has 160 valence electrons. The maximum Gasteiger partial charge on any atom is 0.0782 e. The summed E-state index contributed by atoms with van der Waals surface area (Å²) in [5, 5.41) is 16.7. The van der Waals surface area contributed by atoms with Crippen LogP contribution in [0.15, 0.2) is 0 Å². The number of carbonyl (C=O) groups is 1. The van der Waals surface area contributed by atoms with E-state index in [1.54, 1.807) is 0 Å². The van der Waals surface area contributed by atoms with Gasteiger partial charge in [0, 0.05) is 0 Å². The maximum atomic E-state index is 8.33. The number of carboxylic acid groups (broad SMARTS) is 2. The Morgan fingerprint density at radius 3 is 1.08 bits per heavy atom. The Hall–Kier alpha value is -0.810. The molecule has 0 aromatic carbocycles. The summed E-state index contributed by atoms with van der Waals surface area (Å²) >= 11 is 0. The molecule has 0 aliphatic rings. The number of hydrogen-bond donors (Lipinski definition) is 0. The number of nitrogens with zero attached hydrogens (tertiary/aromatic N) is 2. The Bertz CT molecular complexity index is 278. The summed E-state index contributed by atoms with van der Waals surface area (Å²) in [5.41, 5.74) is 0. The molecular weight excluding hydrogens is 328 g/mol. The van der Waals surface area contributed by atoms with Crippen LogP contribution in [0.1, 0.15) is 79.1 Å². The van der Waals surface area contributed by atoms with E-state index in [-0.39, 0.29) is 0 Å². The van der Waals surface area contributed by atoms with Gasteiger partial charge in [-0.05, 0) is 45.7 Å². The van der Waals surface area contributed by atoms with Crippen molar-refractivity contribution in [2.75, 3.05) is 54.4 Å². The van der Waals surface area contributed by atoms with Gasteiger partial charge < -0.3 is 24.0 Å².